The Bertz CT molecular complexity index is 489. The van der Waals surface area contributed by atoms with Crippen LogP contribution in [0.15, 0.2) is 24.3 Å². The summed E-state index contributed by atoms with van der Waals surface area (Å²) in [5.74, 6) is -0.812. The van der Waals surface area contributed by atoms with E-state index in [0.29, 0.717) is 12.8 Å². The second kappa shape index (κ2) is 10.6. The summed E-state index contributed by atoms with van der Waals surface area (Å²) >= 11 is 0. The summed E-state index contributed by atoms with van der Waals surface area (Å²) < 4.78 is 16.0. The van der Waals surface area contributed by atoms with Gasteiger partial charge < -0.3 is 13.9 Å². The van der Waals surface area contributed by atoms with E-state index in [1.165, 1.54) is 19.3 Å². The molecule has 0 rings (SSSR count). The van der Waals surface area contributed by atoms with Gasteiger partial charge in [-0.1, -0.05) is 32.9 Å². The molecule has 0 aliphatic carbocycles. The molecule has 0 saturated carbocycles. The standard InChI is InChI=1S/C19H34O5Si/c1-15(11-9-13-17(20)22-6)23-18(21)14-10-12-16(2)24-25(7,8)19(3,4)5/h9-10,13-16H,11-12H2,1-8H3/b13-9+,14-10+. The third-order valence-corrected chi connectivity index (χ3v) is 8.87. The van der Waals surface area contributed by atoms with Crippen LogP contribution in [-0.2, 0) is 23.5 Å². The van der Waals surface area contributed by atoms with Gasteiger partial charge in [0.15, 0.2) is 8.32 Å². The topological polar surface area (TPSA) is 61.8 Å². The molecule has 0 radical (unpaired) electrons. The van der Waals surface area contributed by atoms with Gasteiger partial charge in [-0.15, -0.1) is 0 Å². The first-order valence-corrected chi connectivity index (χ1v) is 11.6. The first-order chi connectivity index (χ1) is 11.4. The average molecular weight is 371 g/mol. The van der Waals surface area contributed by atoms with Crippen LogP contribution in [0.2, 0.25) is 18.1 Å². The lowest BCUT2D eigenvalue weighted by Gasteiger charge is -2.38. The van der Waals surface area contributed by atoms with Crippen molar-refractivity contribution in [1.82, 2.24) is 0 Å². The number of esters is 2. The molecule has 0 bridgehead atoms. The average Bonchev–Trinajstić information content (AvgIpc) is 2.45. The molecule has 0 spiro atoms. The van der Waals surface area contributed by atoms with Crippen LogP contribution in [0.1, 0.15) is 47.5 Å². The van der Waals surface area contributed by atoms with Gasteiger partial charge in [-0.2, -0.15) is 0 Å². The predicted octanol–water partition coefficient (Wildman–Crippen LogP) is 4.39. The normalized spacial score (nSPS) is 15.4. The molecule has 5 nitrogen and oxygen atoms in total. The summed E-state index contributed by atoms with van der Waals surface area (Å²) in [5.41, 5.74) is 0. The lowest BCUT2D eigenvalue weighted by Crippen LogP contribution is -2.43. The fourth-order valence-electron chi connectivity index (χ4n) is 1.79. The second-order valence-corrected chi connectivity index (χ2v) is 12.5. The van der Waals surface area contributed by atoms with Gasteiger partial charge in [0.2, 0.25) is 0 Å². The molecule has 0 N–H and O–H groups in total. The Balaban J connectivity index is 4.26. The minimum Gasteiger partial charge on any atom is -0.466 e. The number of hydrogen-bond acceptors (Lipinski definition) is 5. The third-order valence-electron chi connectivity index (χ3n) is 4.26. The van der Waals surface area contributed by atoms with Crippen LogP contribution < -0.4 is 0 Å². The summed E-state index contributed by atoms with van der Waals surface area (Å²) in [6, 6.07) is 0. The van der Waals surface area contributed by atoms with Crippen LogP contribution >= 0.6 is 0 Å². The Morgan fingerprint density at radius 2 is 1.44 bits per heavy atom. The van der Waals surface area contributed by atoms with E-state index >= 15 is 0 Å². The van der Waals surface area contributed by atoms with Crippen molar-refractivity contribution in [3.8, 4) is 0 Å². The molecule has 6 heteroatoms. The number of methoxy groups -OCH3 is 1. The Kier molecular flexibility index (Phi) is 9.96. The molecular weight excluding hydrogens is 336 g/mol. The van der Waals surface area contributed by atoms with Gasteiger partial charge in [0.25, 0.3) is 0 Å². The second-order valence-electron chi connectivity index (χ2n) is 7.74. The van der Waals surface area contributed by atoms with Crippen molar-refractivity contribution in [2.45, 2.75) is 77.8 Å². The lowest BCUT2D eigenvalue weighted by atomic mass is 10.2. The van der Waals surface area contributed by atoms with Gasteiger partial charge in [0.1, 0.15) is 6.10 Å². The smallest absolute Gasteiger partial charge is 0.330 e. The van der Waals surface area contributed by atoms with Crippen LogP contribution in [0.5, 0.6) is 0 Å². The molecule has 0 aliphatic rings. The zero-order valence-corrected chi connectivity index (χ0v) is 17.9. The van der Waals surface area contributed by atoms with Gasteiger partial charge in [0, 0.05) is 24.7 Å². The van der Waals surface area contributed by atoms with Gasteiger partial charge in [-0.05, 0) is 38.4 Å². The molecular formula is C19H34O5Si. The number of carbonyl (C=O) groups is 2. The van der Waals surface area contributed by atoms with E-state index in [1.54, 1.807) is 19.1 Å². The van der Waals surface area contributed by atoms with E-state index in [2.05, 4.69) is 38.6 Å². The molecule has 0 saturated heterocycles. The van der Waals surface area contributed by atoms with E-state index in [1.807, 2.05) is 6.92 Å². The van der Waals surface area contributed by atoms with E-state index in [-0.39, 0.29) is 17.2 Å². The maximum absolute atomic E-state index is 11.8. The van der Waals surface area contributed by atoms with Gasteiger partial charge in [0.05, 0.1) is 7.11 Å². The van der Waals surface area contributed by atoms with Gasteiger partial charge >= 0.3 is 11.9 Å². The highest BCUT2D eigenvalue weighted by Crippen LogP contribution is 2.37. The number of carbonyl (C=O) groups excluding carboxylic acids is 2. The first-order valence-electron chi connectivity index (χ1n) is 8.68. The predicted molar refractivity (Wildman–Crippen MR) is 103 cm³/mol. The quantitative estimate of drug-likeness (QED) is 0.342. The molecule has 0 heterocycles. The SMILES string of the molecule is COC(=O)/C=C/CC(C)OC(=O)/C=C/CC(C)O[Si](C)(C)C(C)(C)C. The summed E-state index contributed by atoms with van der Waals surface area (Å²) in [6.07, 6.45) is 7.05. The largest absolute Gasteiger partial charge is 0.466 e. The Hall–Kier alpha value is -1.40. The minimum absolute atomic E-state index is 0.0605. The fraction of sp³-hybridized carbons (Fsp3) is 0.684. The Labute approximate surface area is 153 Å². The number of hydrogen-bond donors (Lipinski definition) is 0. The highest BCUT2D eigenvalue weighted by molar-refractivity contribution is 6.74. The van der Waals surface area contributed by atoms with E-state index in [0.717, 1.165) is 0 Å². The maximum atomic E-state index is 11.8. The molecule has 144 valence electrons. The zero-order chi connectivity index (χ0) is 19.7. The first kappa shape index (κ1) is 23.6. The minimum atomic E-state index is -1.79. The van der Waals surface area contributed by atoms with Crippen LogP contribution in [0.4, 0.5) is 0 Å². The maximum Gasteiger partial charge on any atom is 0.330 e. The molecule has 0 aromatic heterocycles. The number of ether oxygens (including phenoxy) is 2. The van der Waals surface area contributed by atoms with Crippen molar-refractivity contribution < 1.29 is 23.5 Å². The van der Waals surface area contributed by atoms with Crippen LogP contribution in [0, 0.1) is 0 Å². The monoisotopic (exact) mass is 370 g/mol. The van der Waals surface area contributed by atoms with Crippen molar-refractivity contribution in [2.75, 3.05) is 7.11 Å². The third kappa shape index (κ3) is 10.2. The van der Waals surface area contributed by atoms with Crippen molar-refractivity contribution in [1.29, 1.82) is 0 Å². The lowest BCUT2D eigenvalue weighted by molar-refractivity contribution is -0.142. The van der Waals surface area contributed by atoms with Crippen molar-refractivity contribution >= 4 is 20.3 Å². The van der Waals surface area contributed by atoms with Crippen molar-refractivity contribution in [3.05, 3.63) is 24.3 Å². The van der Waals surface area contributed by atoms with E-state index in [4.69, 9.17) is 9.16 Å². The molecule has 0 fully saturated rings. The molecule has 25 heavy (non-hydrogen) atoms. The Morgan fingerprint density at radius 1 is 0.960 bits per heavy atom. The summed E-state index contributed by atoms with van der Waals surface area (Å²) in [5, 5.41) is 0.164. The molecule has 2 atom stereocenters. The zero-order valence-electron chi connectivity index (χ0n) is 16.9. The highest BCUT2D eigenvalue weighted by Gasteiger charge is 2.38. The number of rotatable bonds is 9. The van der Waals surface area contributed by atoms with Gasteiger partial charge in [-0.25, -0.2) is 9.59 Å². The van der Waals surface area contributed by atoms with Crippen LogP contribution in [-0.4, -0.2) is 39.6 Å². The van der Waals surface area contributed by atoms with Crippen LogP contribution in [0.3, 0.4) is 0 Å². The van der Waals surface area contributed by atoms with E-state index in [9.17, 15) is 9.59 Å². The van der Waals surface area contributed by atoms with Gasteiger partial charge in [-0.3, -0.25) is 0 Å². The molecule has 0 aliphatic heterocycles. The summed E-state index contributed by atoms with van der Waals surface area (Å²) in [7, 11) is -0.478. The summed E-state index contributed by atoms with van der Waals surface area (Å²) in [6.45, 7) is 14.8. The highest BCUT2D eigenvalue weighted by atomic mass is 28.4. The van der Waals surface area contributed by atoms with Crippen molar-refractivity contribution in [2.24, 2.45) is 0 Å². The Morgan fingerprint density at radius 3 is 1.92 bits per heavy atom. The summed E-state index contributed by atoms with van der Waals surface area (Å²) in [4.78, 5) is 22.7. The molecule has 0 aromatic rings. The van der Waals surface area contributed by atoms with E-state index < -0.39 is 20.3 Å². The fourth-order valence-corrected chi connectivity index (χ4v) is 3.25. The molecule has 2 unspecified atom stereocenters. The van der Waals surface area contributed by atoms with Crippen molar-refractivity contribution in [3.63, 3.8) is 0 Å². The van der Waals surface area contributed by atoms with Crippen LogP contribution in [0.25, 0.3) is 0 Å². The molecule has 0 aromatic carbocycles. The molecule has 0 amide bonds.